The fraction of sp³-hybridized carbons (Fsp3) is 0.579. The molecule has 0 saturated carbocycles. The van der Waals surface area contributed by atoms with Crippen LogP contribution in [0.2, 0.25) is 0 Å². The lowest BCUT2D eigenvalue weighted by Gasteiger charge is -2.28. The van der Waals surface area contributed by atoms with E-state index in [0.717, 1.165) is 0 Å². The Morgan fingerprint density at radius 3 is 2.25 bits per heavy atom. The molecule has 0 radical (unpaired) electrons. The van der Waals surface area contributed by atoms with Gasteiger partial charge in [0, 0.05) is 25.1 Å². The van der Waals surface area contributed by atoms with Gasteiger partial charge in [-0.05, 0) is 32.3 Å². The molecule has 0 spiro atoms. The molecule has 0 fully saturated rings. The zero-order chi connectivity index (χ0) is 21.7. The molecule has 3 N–H and O–H groups in total. The first-order valence-corrected chi connectivity index (χ1v) is 8.78. The van der Waals surface area contributed by atoms with Crippen molar-refractivity contribution in [2.45, 2.75) is 52.9 Å². The Kier molecular flexibility index (Phi) is 8.01. The molecule has 158 valence electrons. The van der Waals surface area contributed by atoms with Gasteiger partial charge in [0.25, 0.3) is 5.91 Å². The monoisotopic (exact) mass is 404 g/mol. The number of nitrogens with one attached hydrogen (secondary N) is 2. The Morgan fingerprint density at radius 1 is 1.11 bits per heavy atom. The number of benzene rings is 1. The van der Waals surface area contributed by atoms with Gasteiger partial charge < -0.3 is 20.5 Å². The Balaban J connectivity index is 2.51. The molecule has 6 nitrogen and oxygen atoms in total. The highest BCUT2D eigenvalue weighted by Gasteiger charge is 2.26. The van der Waals surface area contributed by atoms with Crippen LogP contribution in [0.1, 0.15) is 51.4 Å². The van der Waals surface area contributed by atoms with Crippen molar-refractivity contribution in [2.75, 3.05) is 13.2 Å². The van der Waals surface area contributed by atoms with Crippen LogP contribution in [-0.4, -0.2) is 41.9 Å². The topological polar surface area (TPSA) is 87.7 Å². The van der Waals surface area contributed by atoms with Crippen molar-refractivity contribution in [1.29, 1.82) is 0 Å². The molecule has 1 atom stereocenters. The summed E-state index contributed by atoms with van der Waals surface area (Å²) in [6.45, 7) is 8.36. The minimum Gasteiger partial charge on any atom is -0.366 e. The zero-order valence-corrected chi connectivity index (χ0v) is 16.7. The second kappa shape index (κ2) is 9.38. The van der Waals surface area contributed by atoms with E-state index in [0.29, 0.717) is 12.1 Å². The first-order valence-electron chi connectivity index (χ1n) is 8.78. The minimum atomic E-state index is -1.38. The molecule has 0 bridgehead atoms. The van der Waals surface area contributed by atoms with E-state index in [9.17, 15) is 27.9 Å². The van der Waals surface area contributed by atoms with Gasteiger partial charge in [0.1, 0.15) is 5.82 Å². The second-order valence-corrected chi connectivity index (χ2v) is 8.00. The van der Waals surface area contributed by atoms with Gasteiger partial charge in [0.15, 0.2) is 17.4 Å². The summed E-state index contributed by atoms with van der Waals surface area (Å²) in [4.78, 5) is 24.1. The lowest BCUT2D eigenvalue weighted by Crippen LogP contribution is -2.43. The Hall–Kier alpha value is -2.13. The summed E-state index contributed by atoms with van der Waals surface area (Å²) in [6.07, 6.45) is 0.113. The first kappa shape index (κ1) is 23.9. The largest absolute Gasteiger partial charge is 0.366 e. The Labute approximate surface area is 162 Å². The van der Waals surface area contributed by atoms with Crippen LogP contribution >= 0.6 is 0 Å². The average molecular weight is 404 g/mol. The molecule has 1 aromatic rings. The van der Waals surface area contributed by atoms with Crippen molar-refractivity contribution in [1.82, 2.24) is 10.6 Å². The van der Waals surface area contributed by atoms with Gasteiger partial charge in [0.05, 0.1) is 12.2 Å². The highest BCUT2D eigenvalue weighted by molar-refractivity contribution is 5.94. The Bertz CT molecular complexity index is 718. The van der Waals surface area contributed by atoms with Crippen molar-refractivity contribution in [3.05, 3.63) is 35.1 Å². The van der Waals surface area contributed by atoms with Crippen LogP contribution in [0, 0.1) is 22.9 Å². The number of hydrogen-bond acceptors (Lipinski definition) is 4. The SMILES string of the molecule is C[C@@H](CNC(=O)CC(C)(C)COC(C)(C)O)NC(=O)c1cc(F)c(F)cc1F. The molecule has 9 heteroatoms. The van der Waals surface area contributed by atoms with Crippen LogP contribution in [0.4, 0.5) is 13.2 Å². The molecule has 2 amide bonds. The third kappa shape index (κ3) is 8.26. The van der Waals surface area contributed by atoms with Crippen molar-refractivity contribution in [2.24, 2.45) is 5.41 Å². The van der Waals surface area contributed by atoms with Gasteiger partial charge in [-0.2, -0.15) is 0 Å². The van der Waals surface area contributed by atoms with Crippen molar-refractivity contribution in [3.63, 3.8) is 0 Å². The van der Waals surface area contributed by atoms with E-state index in [4.69, 9.17) is 4.74 Å². The van der Waals surface area contributed by atoms with E-state index in [1.54, 1.807) is 20.8 Å². The molecular formula is C19H27F3N2O4. The van der Waals surface area contributed by atoms with Crippen molar-refractivity contribution >= 4 is 11.8 Å². The maximum absolute atomic E-state index is 13.6. The summed E-state index contributed by atoms with van der Waals surface area (Å²) in [6, 6.07) is 0.199. The first-order chi connectivity index (χ1) is 12.7. The van der Waals surface area contributed by atoms with Crippen LogP contribution in [-0.2, 0) is 9.53 Å². The fourth-order valence-corrected chi connectivity index (χ4v) is 2.24. The molecule has 0 aromatic heterocycles. The van der Waals surface area contributed by atoms with Crippen LogP contribution in [0.15, 0.2) is 12.1 Å². The number of aliphatic hydroxyl groups is 1. The molecule has 0 aliphatic carbocycles. The van der Waals surface area contributed by atoms with Crippen molar-refractivity contribution < 1.29 is 32.6 Å². The number of halogens is 3. The molecule has 1 rings (SSSR count). The van der Waals surface area contributed by atoms with E-state index in [2.05, 4.69) is 10.6 Å². The fourth-order valence-electron chi connectivity index (χ4n) is 2.24. The van der Waals surface area contributed by atoms with Gasteiger partial charge in [-0.1, -0.05) is 13.8 Å². The molecule has 0 aliphatic heterocycles. The van der Waals surface area contributed by atoms with Gasteiger partial charge in [-0.3, -0.25) is 9.59 Å². The van der Waals surface area contributed by atoms with Gasteiger partial charge in [0.2, 0.25) is 5.91 Å². The third-order valence-electron chi connectivity index (χ3n) is 3.69. The minimum absolute atomic E-state index is 0.0539. The second-order valence-electron chi connectivity index (χ2n) is 8.00. The van der Waals surface area contributed by atoms with E-state index < -0.39 is 46.2 Å². The lowest BCUT2D eigenvalue weighted by molar-refractivity contribution is -0.192. The summed E-state index contributed by atoms with van der Waals surface area (Å²) in [7, 11) is 0. The average Bonchev–Trinajstić information content (AvgIpc) is 2.53. The summed E-state index contributed by atoms with van der Waals surface area (Å²) in [5, 5.41) is 14.6. The van der Waals surface area contributed by atoms with Crippen LogP contribution in [0.25, 0.3) is 0 Å². The number of ether oxygens (including phenoxy) is 1. The molecular weight excluding hydrogens is 377 g/mol. The van der Waals surface area contributed by atoms with Gasteiger partial charge in [-0.15, -0.1) is 0 Å². The third-order valence-corrected chi connectivity index (χ3v) is 3.69. The predicted molar refractivity (Wildman–Crippen MR) is 96.9 cm³/mol. The molecule has 0 saturated heterocycles. The van der Waals surface area contributed by atoms with Crippen LogP contribution in [0.5, 0.6) is 0 Å². The predicted octanol–water partition coefficient (Wildman–Crippen LogP) is 2.50. The maximum atomic E-state index is 13.6. The van der Waals surface area contributed by atoms with E-state index in [1.165, 1.54) is 13.8 Å². The molecule has 0 unspecified atom stereocenters. The Morgan fingerprint density at radius 2 is 1.68 bits per heavy atom. The van der Waals surface area contributed by atoms with E-state index in [1.807, 2.05) is 0 Å². The normalized spacial score (nSPS) is 13.2. The van der Waals surface area contributed by atoms with Crippen LogP contribution < -0.4 is 10.6 Å². The van der Waals surface area contributed by atoms with Gasteiger partial charge in [-0.25, -0.2) is 13.2 Å². The highest BCUT2D eigenvalue weighted by Crippen LogP contribution is 2.22. The number of amides is 2. The molecule has 1 aromatic carbocycles. The summed E-state index contributed by atoms with van der Waals surface area (Å²) < 4.78 is 45.0. The zero-order valence-electron chi connectivity index (χ0n) is 16.7. The van der Waals surface area contributed by atoms with Crippen molar-refractivity contribution in [3.8, 4) is 0 Å². The summed E-state index contributed by atoms with van der Waals surface area (Å²) in [5.74, 6) is -6.42. The smallest absolute Gasteiger partial charge is 0.254 e. The number of rotatable bonds is 9. The number of carbonyl (C=O) groups excluding carboxylic acids is 2. The quantitative estimate of drug-likeness (QED) is 0.436. The standard InChI is InChI=1S/C19H27F3N2O4/c1-11(24-17(26)12-6-14(21)15(22)7-13(12)20)9-23-16(25)8-18(2,3)10-28-19(4,5)27/h6-7,11,27H,8-10H2,1-5H3,(H,23,25)(H,24,26)/t11-/m0/s1. The van der Waals surface area contributed by atoms with E-state index >= 15 is 0 Å². The van der Waals surface area contributed by atoms with Gasteiger partial charge >= 0.3 is 0 Å². The molecule has 0 aliphatic rings. The summed E-state index contributed by atoms with van der Waals surface area (Å²) in [5.41, 5.74) is -1.16. The lowest BCUT2D eigenvalue weighted by atomic mass is 9.90. The highest BCUT2D eigenvalue weighted by atomic mass is 19.2. The van der Waals surface area contributed by atoms with Crippen LogP contribution in [0.3, 0.4) is 0 Å². The molecule has 28 heavy (non-hydrogen) atoms. The molecule has 0 heterocycles. The number of hydrogen-bond donors (Lipinski definition) is 3. The summed E-state index contributed by atoms with van der Waals surface area (Å²) >= 11 is 0. The maximum Gasteiger partial charge on any atom is 0.254 e. The number of carbonyl (C=O) groups is 2. The van der Waals surface area contributed by atoms with E-state index in [-0.39, 0.29) is 25.5 Å².